The van der Waals surface area contributed by atoms with E-state index in [1.54, 1.807) is 23.1 Å². The highest BCUT2D eigenvalue weighted by Gasteiger charge is 2.22. The molecule has 12 rings (SSSR count). The van der Waals surface area contributed by atoms with E-state index in [4.69, 9.17) is 25.9 Å². The molecule has 0 N–H and O–H groups in total. The molecule has 5 heteroatoms. The van der Waals surface area contributed by atoms with Gasteiger partial charge in [-0.05, 0) is 82.7 Å². The van der Waals surface area contributed by atoms with Crippen LogP contribution in [0.15, 0.2) is 198 Å². The molecule has 0 saturated carbocycles. The molecule has 0 fully saturated rings. The van der Waals surface area contributed by atoms with Crippen molar-refractivity contribution in [1.82, 2.24) is 4.98 Å². The van der Waals surface area contributed by atoms with Crippen LogP contribution < -0.4 is 4.90 Å². The quantitative estimate of drug-likeness (QED) is 0.168. The molecule has 0 aliphatic heterocycles. The number of benzene rings is 9. The summed E-state index contributed by atoms with van der Waals surface area (Å²) in [5, 5.41) is 4.40. The molecule has 0 bridgehead atoms. The molecular weight excluding hydrogens is 745 g/mol. The summed E-state index contributed by atoms with van der Waals surface area (Å²) in [5.74, 6) is 0. The Balaban J connectivity index is 1.11. The molecule has 0 aliphatic carbocycles. The van der Waals surface area contributed by atoms with E-state index in [0.29, 0.717) is 38.9 Å². The van der Waals surface area contributed by atoms with Crippen LogP contribution in [0.3, 0.4) is 0 Å². The van der Waals surface area contributed by atoms with Gasteiger partial charge in [0.25, 0.3) is 0 Å². The minimum absolute atomic E-state index is 0.0393. The van der Waals surface area contributed by atoms with Crippen LogP contribution in [0.1, 0.15) is 23.3 Å². The Morgan fingerprint density at radius 2 is 1.19 bits per heavy atom. The third-order valence-electron chi connectivity index (χ3n) is 10.1. The topological polar surface area (TPSA) is 29.3 Å². The molecule has 0 radical (unpaired) electrons. The van der Waals surface area contributed by atoms with Gasteiger partial charge in [0.15, 0.2) is 0 Å². The van der Waals surface area contributed by atoms with Gasteiger partial charge in [-0.2, -0.15) is 0 Å². The van der Waals surface area contributed by atoms with E-state index in [0.717, 1.165) is 42.3 Å². The van der Waals surface area contributed by atoms with Gasteiger partial charge in [-0.1, -0.05) is 133 Å². The predicted octanol–water partition coefficient (Wildman–Crippen LogP) is 16.2. The first-order valence-electron chi connectivity index (χ1n) is 26.6. The summed E-state index contributed by atoms with van der Waals surface area (Å²) in [6.45, 7) is 0. The summed E-state index contributed by atoms with van der Waals surface area (Å²) in [6.07, 6.45) is 0. The van der Waals surface area contributed by atoms with E-state index in [1.807, 2.05) is 72.8 Å². The van der Waals surface area contributed by atoms with E-state index < -0.39 is 95.7 Å². The van der Waals surface area contributed by atoms with Gasteiger partial charge >= 0.3 is 0 Å². The van der Waals surface area contributed by atoms with Crippen LogP contribution in [0.4, 0.5) is 17.1 Å². The molecule has 0 unspecified atom stereocenters. The molecule has 9 aromatic carbocycles. The first-order chi connectivity index (χ1) is 35.8. The van der Waals surface area contributed by atoms with Gasteiger partial charge in [0.05, 0.1) is 39.2 Å². The lowest BCUT2D eigenvalue weighted by Gasteiger charge is -2.27. The van der Waals surface area contributed by atoms with Gasteiger partial charge in [-0.3, -0.25) is 0 Å². The number of rotatable bonds is 6. The van der Waals surface area contributed by atoms with Crippen molar-refractivity contribution in [3.8, 4) is 32.8 Å². The molecule has 3 nitrogen and oxygen atoms in total. The van der Waals surface area contributed by atoms with E-state index >= 15 is 0 Å². The number of para-hydroxylation sites is 2. The Hall–Kier alpha value is -7.05. The Bertz CT molecular complexity index is 4460. The van der Waals surface area contributed by atoms with Crippen LogP contribution in [0.25, 0.3) is 95.9 Å². The average molecular weight is 794 g/mol. The molecule has 0 aliphatic rings. The fourth-order valence-corrected chi connectivity index (χ4v) is 9.60. The largest absolute Gasteiger partial charge is 0.456 e. The zero-order valence-electron chi connectivity index (χ0n) is 46.8. The lowest BCUT2D eigenvalue weighted by molar-refractivity contribution is 0.669. The lowest BCUT2D eigenvalue weighted by Crippen LogP contribution is -2.10. The van der Waals surface area contributed by atoms with Gasteiger partial charge in [0.1, 0.15) is 16.2 Å². The molecule has 3 aromatic heterocycles. The first-order valence-corrected chi connectivity index (χ1v) is 19.7. The normalized spacial score (nSPS) is 15.9. The molecule has 12 aromatic rings. The maximum atomic E-state index is 9.68. The highest BCUT2D eigenvalue weighted by Crippen LogP contribution is 2.48. The minimum atomic E-state index is -0.686. The molecule has 0 atom stereocenters. The van der Waals surface area contributed by atoms with Crippen LogP contribution in [-0.4, -0.2) is 4.98 Å². The minimum Gasteiger partial charge on any atom is -0.456 e. The number of fused-ring (bicyclic) bond motifs is 9. The Kier molecular flexibility index (Phi) is 4.67. The van der Waals surface area contributed by atoms with Crippen molar-refractivity contribution >= 4 is 103 Å². The zero-order chi connectivity index (χ0) is 53.0. The predicted molar refractivity (Wildman–Crippen MR) is 248 cm³/mol. The summed E-state index contributed by atoms with van der Waals surface area (Å²) in [7, 11) is 0. The maximum Gasteiger partial charge on any atom is 0.135 e. The first kappa shape index (κ1) is 20.4. The van der Waals surface area contributed by atoms with Gasteiger partial charge < -0.3 is 9.32 Å². The molecule has 0 spiro atoms. The smallest absolute Gasteiger partial charge is 0.135 e. The highest BCUT2D eigenvalue weighted by atomic mass is 32.1. The standard InChI is InChI=1S/C53H32N2OS2/c1-3-12-33(13-4-1)34-22-25-37(26-23-34)55(38-27-28-47-43(31-38)41-17-9-10-20-46(41)56-47)45-32-50-51(42-18-8-7-16-40(42)45)44-30-36(24-29-48(44)57-50)39-19-11-21-49-52(39)54-53(58-49)35-14-5-2-6-15-35/h1-32H/i1D,2D,3D,4D,5D,6D,11D,12D,13D,14D,15D,19D,21D,22D,23D,25D,26D. The molecule has 272 valence electrons. The third kappa shape index (κ3) is 5.36. The number of furan rings is 1. The van der Waals surface area contributed by atoms with Crippen LogP contribution in [-0.2, 0) is 0 Å². The highest BCUT2D eigenvalue weighted by molar-refractivity contribution is 7.26. The van der Waals surface area contributed by atoms with Gasteiger partial charge in [-0.15, -0.1) is 22.7 Å². The van der Waals surface area contributed by atoms with Crippen molar-refractivity contribution in [1.29, 1.82) is 0 Å². The fraction of sp³-hybridized carbons (Fsp3) is 0. The number of aromatic nitrogens is 1. The maximum absolute atomic E-state index is 9.68. The van der Waals surface area contributed by atoms with Crippen molar-refractivity contribution in [2.75, 3.05) is 4.90 Å². The average Bonchev–Trinajstić information content (AvgIpc) is 4.14. The number of hydrogen-bond acceptors (Lipinski definition) is 5. The molecule has 58 heavy (non-hydrogen) atoms. The Labute approximate surface area is 366 Å². The number of hydrogen-bond donors (Lipinski definition) is 0. The monoisotopic (exact) mass is 793 g/mol. The molecule has 3 heterocycles. The van der Waals surface area contributed by atoms with Gasteiger partial charge in [0.2, 0.25) is 0 Å². The van der Waals surface area contributed by atoms with Crippen LogP contribution in [0.5, 0.6) is 0 Å². The van der Waals surface area contributed by atoms with Crippen LogP contribution in [0.2, 0.25) is 0 Å². The molecule has 0 amide bonds. The van der Waals surface area contributed by atoms with Crippen molar-refractivity contribution in [3.05, 3.63) is 194 Å². The molecular formula is C53H32N2OS2. The van der Waals surface area contributed by atoms with Gasteiger partial charge in [-0.25, -0.2) is 4.98 Å². The van der Waals surface area contributed by atoms with E-state index in [-0.39, 0.29) is 50.2 Å². The van der Waals surface area contributed by atoms with Crippen LogP contribution >= 0.6 is 22.7 Å². The van der Waals surface area contributed by atoms with Crippen molar-refractivity contribution in [2.24, 2.45) is 0 Å². The number of thiophene rings is 1. The van der Waals surface area contributed by atoms with Crippen molar-refractivity contribution in [3.63, 3.8) is 0 Å². The summed E-state index contributed by atoms with van der Waals surface area (Å²) < 4.78 is 157. The van der Waals surface area contributed by atoms with E-state index in [2.05, 4.69) is 0 Å². The second kappa shape index (κ2) is 13.3. The Morgan fingerprint density at radius 1 is 0.466 bits per heavy atom. The number of thiazole rings is 1. The van der Waals surface area contributed by atoms with Crippen molar-refractivity contribution < 1.29 is 27.7 Å². The van der Waals surface area contributed by atoms with Crippen LogP contribution in [0, 0.1) is 0 Å². The number of nitrogens with zero attached hydrogens (tertiary/aromatic N) is 2. The summed E-state index contributed by atoms with van der Waals surface area (Å²) in [4.78, 5) is 6.38. The fourth-order valence-electron chi connectivity index (χ4n) is 7.58. The van der Waals surface area contributed by atoms with E-state index in [1.165, 1.54) is 11.3 Å². The second-order valence-corrected chi connectivity index (χ2v) is 15.5. The van der Waals surface area contributed by atoms with E-state index in [9.17, 15) is 6.85 Å². The lowest BCUT2D eigenvalue weighted by atomic mass is 9.98. The van der Waals surface area contributed by atoms with Crippen molar-refractivity contribution in [2.45, 2.75) is 0 Å². The SMILES string of the molecule is [2H]c1c([2H])c([2H])c(-c2nc3c(-c4ccc5sc6cc(N(c7ccc8oc9ccccc9c8c7)c7c([2H])c([2H])c(-c8c([2H])c([2H])c([2H])c([2H])c8[2H])c([2H])c7[2H])c7ccccc7c6c5c4)c([2H])c([2H])c([2H])c3s2)c([2H])c1[2H]. The summed E-state index contributed by atoms with van der Waals surface area (Å²) in [5.41, 5.74) is 1.67. The number of anilines is 3. The summed E-state index contributed by atoms with van der Waals surface area (Å²) in [6, 6.07) is 18.4. The second-order valence-electron chi connectivity index (χ2n) is 13.4. The molecule has 0 saturated heterocycles. The summed E-state index contributed by atoms with van der Waals surface area (Å²) >= 11 is 2.34. The van der Waals surface area contributed by atoms with Gasteiger partial charge in [0, 0.05) is 58.8 Å². The Morgan fingerprint density at radius 3 is 2.02 bits per heavy atom. The zero-order valence-corrected chi connectivity index (χ0v) is 31.4. The third-order valence-corrected chi connectivity index (χ3v) is 12.2.